The third-order valence-electron chi connectivity index (χ3n) is 4.72. The van der Waals surface area contributed by atoms with Gasteiger partial charge in [0, 0.05) is 36.3 Å². The molecular formula is C22H25N3OS. The molecule has 1 amide bonds. The fourth-order valence-electron chi connectivity index (χ4n) is 2.84. The molecule has 2 aromatic heterocycles. The number of nitrogens with one attached hydrogen (secondary N) is 1. The van der Waals surface area contributed by atoms with Crippen LogP contribution >= 0.6 is 11.3 Å². The minimum absolute atomic E-state index is 0.0583. The molecule has 0 unspecified atom stereocenters. The van der Waals surface area contributed by atoms with Gasteiger partial charge in [0.25, 0.3) is 0 Å². The Morgan fingerprint density at radius 2 is 1.81 bits per heavy atom. The van der Waals surface area contributed by atoms with Crippen LogP contribution in [-0.4, -0.2) is 22.4 Å². The zero-order valence-electron chi connectivity index (χ0n) is 16.0. The second-order valence-electron chi connectivity index (χ2n) is 7.21. The van der Waals surface area contributed by atoms with Gasteiger partial charge in [0.05, 0.1) is 16.1 Å². The maximum absolute atomic E-state index is 12.6. The van der Waals surface area contributed by atoms with Crippen molar-refractivity contribution in [3.63, 3.8) is 0 Å². The summed E-state index contributed by atoms with van der Waals surface area (Å²) in [5.74, 6) is 0.0583. The van der Waals surface area contributed by atoms with Crippen LogP contribution in [0.5, 0.6) is 0 Å². The van der Waals surface area contributed by atoms with Crippen molar-refractivity contribution in [1.82, 2.24) is 15.3 Å². The van der Waals surface area contributed by atoms with Gasteiger partial charge < -0.3 is 5.32 Å². The number of pyridine rings is 1. The Morgan fingerprint density at radius 3 is 2.52 bits per heavy atom. The van der Waals surface area contributed by atoms with Crippen LogP contribution in [0.25, 0.3) is 11.3 Å². The van der Waals surface area contributed by atoms with E-state index in [-0.39, 0.29) is 5.91 Å². The highest BCUT2D eigenvalue weighted by Crippen LogP contribution is 2.24. The van der Waals surface area contributed by atoms with Crippen LogP contribution in [0.3, 0.4) is 0 Å². The average molecular weight is 380 g/mol. The van der Waals surface area contributed by atoms with Crippen molar-refractivity contribution in [2.45, 2.75) is 39.0 Å². The number of amides is 1. The smallest absolute Gasteiger partial charge is 0.230 e. The van der Waals surface area contributed by atoms with Gasteiger partial charge in [-0.3, -0.25) is 9.78 Å². The maximum atomic E-state index is 12.6. The van der Waals surface area contributed by atoms with Gasteiger partial charge in [0.1, 0.15) is 0 Å². The van der Waals surface area contributed by atoms with Crippen molar-refractivity contribution < 1.29 is 4.79 Å². The fraction of sp³-hybridized carbons (Fsp3) is 0.318. The van der Waals surface area contributed by atoms with E-state index >= 15 is 0 Å². The van der Waals surface area contributed by atoms with Crippen LogP contribution in [0.1, 0.15) is 36.4 Å². The molecule has 0 radical (unpaired) electrons. The van der Waals surface area contributed by atoms with Gasteiger partial charge in [0.2, 0.25) is 5.91 Å². The van der Waals surface area contributed by atoms with E-state index < -0.39 is 5.41 Å². The number of benzene rings is 1. The molecule has 0 spiro atoms. The SMILES string of the molecule is Cc1ccc(C(C)(C)C(=O)NCCCc2nc(-c3ccncc3)cs2)cc1. The van der Waals surface area contributed by atoms with E-state index in [1.807, 2.05) is 50.2 Å². The number of carbonyl (C=O) groups excluding carboxylic acids is 1. The zero-order chi connectivity index (χ0) is 19.3. The third-order valence-corrected chi connectivity index (χ3v) is 5.63. The van der Waals surface area contributed by atoms with Gasteiger partial charge >= 0.3 is 0 Å². The Morgan fingerprint density at radius 1 is 1.11 bits per heavy atom. The van der Waals surface area contributed by atoms with Crippen molar-refractivity contribution in [1.29, 1.82) is 0 Å². The highest BCUT2D eigenvalue weighted by Gasteiger charge is 2.29. The lowest BCUT2D eigenvalue weighted by Crippen LogP contribution is -2.40. The van der Waals surface area contributed by atoms with Crippen molar-refractivity contribution in [2.75, 3.05) is 6.54 Å². The summed E-state index contributed by atoms with van der Waals surface area (Å²) < 4.78 is 0. The Balaban J connectivity index is 1.49. The van der Waals surface area contributed by atoms with Crippen molar-refractivity contribution >= 4 is 17.2 Å². The predicted molar refractivity (Wildman–Crippen MR) is 111 cm³/mol. The quantitative estimate of drug-likeness (QED) is 0.613. The molecule has 4 nitrogen and oxygen atoms in total. The number of rotatable bonds is 7. The minimum Gasteiger partial charge on any atom is -0.355 e. The van der Waals surface area contributed by atoms with Gasteiger partial charge in [-0.15, -0.1) is 11.3 Å². The van der Waals surface area contributed by atoms with Crippen molar-refractivity contribution in [3.05, 3.63) is 70.3 Å². The topological polar surface area (TPSA) is 54.9 Å². The summed E-state index contributed by atoms with van der Waals surface area (Å²) in [5, 5.41) is 6.24. The minimum atomic E-state index is -0.538. The van der Waals surface area contributed by atoms with Gasteiger partial charge in [-0.2, -0.15) is 0 Å². The van der Waals surface area contributed by atoms with E-state index in [0.717, 1.165) is 34.7 Å². The van der Waals surface area contributed by atoms with E-state index in [1.54, 1.807) is 23.7 Å². The van der Waals surface area contributed by atoms with E-state index in [9.17, 15) is 4.79 Å². The molecule has 0 aliphatic rings. The van der Waals surface area contributed by atoms with Crippen LogP contribution in [0, 0.1) is 6.92 Å². The highest BCUT2D eigenvalue weighted by atomic mass is 32.1. The molecular weight excluding hydrogens is 354 g/mol. The van der Waals surface area contributed by atoms with E-state index in [4.69, 9.17) is 0 Å². The molecule has 27 heavy (non-hydrogen) atoms. The third kappa shape index (κ3) is 4.80. The summed E-state index contributed by atoms with van der Waals surface area (Å²) in [6, 6.07) is 12.1. The van der Waals surface area contributed by atoms with Gasteiger partial charge in [-0.1, -0.05) is 29.8 Å². The molecule has 0 aliphatic carbocycles. The lowest BCUT2D eigenvalue weighted by atomic mass is 9.83. The molecule has 0 saturated heterocycles. The molecule has 0 atom stereocenters. The molecule has 2 heterocycles. The highest BCUT2D eigenvalue weighted by molar-refractivity contribution is 7.09. The Hall–Kier alpha value is -2.53. The fourth-order valence-corrected chi connectivity index (χ4v) is 3.69. The van der Waals surface area contributed by atoms with Crippen molar-refractivity contribution in [3.8, 4) is 11.3 Å². The predicted octanol–water partition coefficient (Wildman–Crippen LogP) is 4.54. The second kappa shape index (κ2) is 8.44. The zero-order valence-corrected chi connectivity index (χ0v) is 16.8. The monoisotopic (exact) mass is 379 g/mol. The Labute approximate surface area is 164 Å². The summed E-state index contributed by atoms with van der Waals surface area (Å²) >= 11 is 1.66. The molecule has 0 fully saturated rings. The first-order valence-electron chi connectivity index (χ1n) is 9.17. The normalized spacial score (nSPS) is 11.4. The molecule has 3 aromatic rings. The second-order valence-corrected chi connectivity index (χ2v) is 8.16. The van der Waals surface area contributed by atoms with Gasteiger partial charge in [0.15, 0.2) is 0 Å². The van der Waals surface area contributed by atoms with Crippen LogP contribution in [0.4, 0.5) is 0 Å². The molecule has 3 rings (SSSR count). The molecule has 0 saturated carbocycles. The number of aryl methyl sites for hydroxylation is 2. The average Bonchev–Trinajstić information content (AvgIpc) is 3.15. The lowest BCUT2D eigenvalue weighted by Gasteiger charge is -2.24. The van der Waals surface area contributed by atoms with Gasteiger partial charge in [-0.05, 0) is 44.9 Å². The number of aromatic nitrogens is 2. The number of thiazole rings is 1. The first kappa shape index (κ1) is 19.2. The van der Waals surface area contributed by atoms with Crippen LogP contribution in [-0.2, 0) is 16.6 Å². The maximum Gasteiger partial charge on any atom is 0.230 e. The van der Waals surface area contributed by atoms with E-state index in [1.165, 1.54) is 5.56 Å². The molecule has 0 aliphatic heterocycles. The van der Waals surface area contributed by atoms with Gasteiger partial charge in [-0.25, -0.2) is 4.98 Å². The largest absolute Gasteiger partial charge is 0.355 e. The summed E-state index contributed by atoms with van der Waals surface area (Å²) in [5.41, 5.74) is 3.77. The molecule has 5 heteroatoms. The first-order chi connectivity index (χ1) is 13.0. The van der Waals surface area contributed by atoms with Crippen LogP contribution in [0.15, 0.2) is 54.2 Å². The van der Waals surface area contributed by atoms with Crippen molar-refractivity contribution in [2.24, 2.45) is 0 Å². The summed E-state index contributed by atoms with van der Waals surface area (Å²) in [6.07, 6.45) is 5.29. The molecule has 0 bridgehead atoms. The summed E-state index contributed by atoms with van der Waals surface area (Å²) in [7, 11) is 0. The van der Waals surface area contributed by atoms with E-state index in [0.29, 0.717) is 6.54 Å². The van der Waals surface area contributed by atoms with Crippen LogP contribution in [0.2, 0.25) is 0 Å². The number of carbonyl (C=O) groups is 1. The first-order valence-corrected chi connectivity index (χ1v) is 10.0. The lowest BCUT2D eigenvalue weighted by molar-refractivity contribution is -0.125. The standard InChI is InChI=1S/C22H25N3OS/c1-16-6-8-18(9-7-16)22(2,3)21(26)24-12-4-5-20-25-19(15-27-20)17-10-13-23-14-11-17/h6-11,13-15H,4-5,12H2,1-3H3,(H,24,26). The Kier molecular flexibility index (Phi) is 6.01. The number of nitrogens with zero attached hydrogens (tertiary/aromatic N) is 2. The molecule has 1 N–H and O–H groups in total. The summed E-state index contributed by atoms with van der Waals surface area (Å²) in [4.78, 5) is 21.3. The summed E-state index contributed by atoms with van der Waals surface area (Å²) in [6.45, 7) is 6.64. The van der Waals surface area contributed by atoms with Crippen LogP contribution < -0.4 is 5.32 Å². The number of hydrogen-bond donors (Lipinski definition) is 1. The number of hydrogen-bond acceptors (Lipinski definition) is 4. The molecule has 1 aromatic carbocycles. The molecule has 140 valence electrons. The van der Waals surface area contributed by atoms with E-state index in [2.05, 4.69) is 27.6 Å². The Bertz CT molecular complexity index is 885.